The zero-order chi connectivity index (χ0) is 17.7. The summed E-state index contributed by atoms with van der Waals surface area (Å²) in [5, 5.41) is 3.63. The lowest BCUT2D eigenvalue weighted by atomic mass is 10.0. The molecule has 2 N–H and O–H groups in total. The molecule has 130 valence electrons. The largest absolute Gasteiger partial charge is 0.327 e. The molecule has 1 fully saturated rings. The van der Waals surface area contributed by atoms with Crippen LogP contribution in [0.15, 0.2) is 33.9 Å². The maximum atomic E-state index is 13.3. The highest BCUT2D eigenvalue weighted by Gasteiger charge is 2.26. The van der Waals surface area contributed by atoms with Crippen LogP contribution in [0.4, 0.5) is 8.78 Å². The predicted octanol–water partition coefficient (Wildman–Crippen LogP) is 2.84. The lowest BCUT2D eigenvalue weighted by molar-refractivity contribution is 0.146. The third kappa shape index (κ3) is 2.67. The van der Waals surface area contributed by atoms with Gasteiger partial charge in [-0.3, -0.25) is 14.8 Å². The van der Waals surface area contributed by atoms with Crippen molar-refractivity contribution in [3.05, 3.63) is 61.9 Å². The van der Waals surface area contributed by atoms with Gasteiger partial charge in [-0.15, -0.1) is 0 Å². The minimum Gasteiger partial charge on any atom is -0.291 e. The van der Waals surface area contributed by atoms with Gasteiger partial charge in [-0.25, -0.2) is 18.3 Å². The third-order valence-corrected chi connectivity index (χ3v) is 4.66. The molecular formula is C17H16F2N4O2. The fourth-order valence-corrected chi connectivity index (χ4v) is 3.14. The zero-order valence-corrected chi connectivity index (χ0v) is 13.4. The molecule has 2 heterocycles. The first kappa shape index (κ1) is 15.7. The number of aromatic amines is 2. The van der Waals surface area contributed by atoms with Crippen LogP contribution in [0.5, 0.6) is 0 Å². The molecule has 3 aromatic rings. The summed E-state index contributed by atoms with van der Waals surface area (Å²) in [5.74, 6) is 0.621. The summed E-state index contributed by atoms with van der Waals surface area (Å²) in [6.07, 6.45) is -0.527. The van der Waals surface area contributed by atoms with Gasteiger partial charge in [0.05, 0.1) is 6.04 Å². The van der Waals surface area contributed by atoms with Gasteiger partial charge < -0.3 is 0 Å². The van der Waals surface area contributed by atoms with Crippen molar-refractivity contribution in [2.45, 2.75) is 38.2 Å². The van der Waals surface area contributed by atoms with Crippen LogP contribution in [-0.4, -0.2) is 19.7 Å². The van der Waals surface area contributed by atoms with E-state index in [0.29, 0.717) is 5.92 Å². The second-order valence-electron chi connectivity index (χ2n) is 6.38. The molecule has 25 heavy (non-hydrogen) atoms. The molecule has 1 saturated carbocycles. The van der Waals surface area contributed by atoms with Crippen LogP contribution >= 0.6 is 0 Å². The van der Waals surface area contributed by atoms with E-state index >= 15 is 0 Å². The molecule has 1 aromatic carbocycles. The van der Waals surface area contributed by atoms with E-state index < -0.39 is 29.4 Å². The van der Waals surface area contributed by atoms with Crippen molar-refractivity contribution in [3.63, 3.8) is 0 Å². The molecule has 0 unspecified atom stereocenters. The molecule has 6 nitrogen and oxygen atoms in total. The van der Waals surface area contributed by atoms with Crippen LogP contribution < -0.4 is 11.2 Å². The van der Waals surface area contributed by atoms with E-state index in [-0.39, 0.29) is 11.0 Å². The van der Waals surface area contributed by atoms with E-state index in [9.17, 15) is 18.4 Å². The standard InChI is InChI=1S/C17H16F2N4O2/c1-8(9-2-4-10(5-3-9)11-6-7-11)23-15-12(13(22-23)14(18)19)16(24)21-17(25)20-15/h2-5,8,11,14H,6-7H2,1H3,(H2,20,21,24,25)/t8-/m1/s1. The molecule has 0 spiro atoms. The molecule has 0 bridgehead atoms. The molecule has 0 aliphatic heterocycles. The normalized spacial score (nSPS) is 15.8. The highest BCUT2D eigenvalue weighted by atomic mass is 19.3. The first-order valence-electron chi connectivity index (χ1n) is 8.08. The quantitative estimate of drug-likeness (QED) is 0.762. The van der Waals surface area contributed by atoms with Gasteiger partial charge in [-0.2, -0.15) is 5.10 Å². The van der Waals surface area contributed by atoms with Gasteiger partial charge >= 0.3 is 5.69 Å². The van der Waals surface area contributed by atoms with Gasteiger partial charge in [0.25, 0.3) is 12.0 Å². The number of nitrogens with one attached hydrogen (secondary N) is 2. The Morgan fingerprint density at radius 1 is 1.16 bits per heavy atom. The van der Waals surface area contributed by atoms with Crippen molar-refractivity contribution in [2.24, 2.45) is 0 Å². The fourth-order valence-electron chi connectivity index (χ4n) is 3.14. The van der Waals surface area contributed by atoms with E-state index in [1.165, 1.54) is 23.1 Å². The Balaban J connectivity index is 1.84. The first-order valence-corrected chi connectivity index (χ1v) is 8.08. The van der Waals surface area contributed by atoms with Crippen LogP contribution in [-0.2, 0) is 0 Å². The number of benzene rings is 1. The maximum Gasteiger partial charge on any atom is 0.327 e. The molecule has 0 saturated heterocycles. The summed E-state index contributed by atoms with van der Waals surface area (Å²) < 4.78 is 27.8. The number of rotatable bonds is 4. The smallest absolute Gasteiger partial charge is 0.291 e. The molecule has 0 radical (unpaired) electrons. The summed E-state index contributed by atoms with van der Waals surface area (Å²) in [4.78, 5) is 27.9. The average molecular weight is 346 g/mol. The Kier molecular flexibility index (Phi) is 3.55. The van der Waals surface area contributed by atoms with E-state index in [0.717, 1.165) is 5.56 Å². The Bertz CT molecular complexity index is 1050. The van der Waals surface area contributed by atoms with Crippen molar-refractivity contribution in [3.8, 4) is 0 Å². The molecule has 0 amide bonds. The molecule has 1 aliphatic carbocycles. The van der Waals surface area contributed by atoms with E-state index in [1.807, 2.05) is 29.2 Å². The molecule has 2 aromatic heterocycles. The molecule has 4 rings (SSSR count). The Morgan fingerprint density at radius 2 is 1.84 bits per heavy atom. The van der Waals surface area contributed by atoms with Crippen LogP contribution in [0.3, 0.4) is 0 Å². The van der Waals surface area contributed by atoms with Gasteiger partial charge in [0.15, 0.2) is 0 Å². The Labute approximate surface area is 140 Å². The fraction of sp³-hybridized carbons (Fsp3) is 0.353. The molecule has 1 aliphatic rings. The van der Waals surface area contributed by atoms with Gasteiger partial charge in [0.1, 0.15) is 16.7 Å². The Hall–Kier alpha value is -2.77. The van der Waals surface area contributed by atoms with Gasteiger partial charge in [0.2, 0.25) is 0 Å². The topological polar surface area (TPSA) is 83.5 Å². The number of hydrogen-bond donors (Lipinski definition) is 2. The summed E-state index contributed by atoms with van der Waals surface area (Å²) in [7, 11) is 0. The average Bonchev–Trinajstić information content (AvgIpc) is 3.35. The van der Waals surface area contributed by atoms with E-state index in [2.05, 4.69) is 10.1 Å². The van der Waals surface area contributed by atoms with Crippen molar-refractivity contribution < 1.29 is 8.78 Å². The van der Waals surface area contributed by atoms with E-state index in [4.69, 9.17) is 0 Å². The maximum absolute atomic E-state index is 13.3. The van der Waals surface area contributed by atoms with Crippen LogP contribution in [0.25, 0.3) is 11.0 Å². The SMILES string of the molecule is C[C@H](c1ccc(C2CC2)cc1)n1nc(C(F)F)c2c(=O)[nH]c(=O)[nH]c21. The van der Waals surface area contributed by atoms with Crippen molar-refractivity contribution >= 4 is 11.0 Å². The van der Waals surface area contributed by atoms with Crippen LogP contribution in [0, 0.1) is 0 Å². The summed E-state index contributed by atoms with van der Waals surface area (Å²) >= 11 is 0. The highest BCUT2D eigenvalue weighted by Crippen LogP contribution is 2.40. The second-order valence-corrected chi connectivity index (χ2v) is 6.38. The molecule has 1 atom stereocenters. The summed E-state index contributed by atoms with van der Waals surface area (Å²) in [6, 6.07) is 7.50. The minimum absolute atomic E-state index is 0.00261. The number of aromatic nitrogens is 4. The Morgan fingerprint density at radius 3 is 2.44 bits per heavy atom. The van der Waals surface area contributed by atoms with Crippen LogP contribution in [0.1, 0.15) is 55.0 Å². The van der Waals surface area contributed by atoms with Gasteiger partial charge in [-0.1, -0.05) is 24.3 Å². The summed E-state index contributed by atoms with van der Waals surface area (Å²) in [6.45, 7) is 1.79. The highest BCUT2D eigenvalue weighted by molar-refractivity contribution is 5.77. The second kappa shape index (κ2) is 5.65. The first-order chi connectivity index (χ1) is 12.0. The third-order valence-electron chi connectivity index (χ3n) is 4.66. The number of halogens is 2. The van der Waals surface area contributed by atoms with Gasteiger partial charge in [-0.05, 0) is 36.8 Å². The lowest BCUT2D eigenvalue weighted by Crippen LogP contribution is -2.23. The number of fused-ring (bicyclic) bond motifs is 1. The number of H-pyrrole nitrogens is 2. The summed E-state index contributed by atoms with van der Waals surface area (Å²) in [5.41, 5.74) is -0.126. The van der Waals surface area contributed by atoms with Gasteiger partial charge in [0, 0.05) is 0 Å². The van der Waals surface area contributed by atoms with Crippen molar-refractivity contribution in [1.82, 2.24) is 19.7 Å². The monoisotopic (exact) mass is 346 g/mol. The molecular weight excluding hydrogens is 330 g/mol. The number of alkyl halides is 2. The minimum atomic E-state index is -2.92. The number of hydrogen-bond acceptors (Lipinski definition) is 3. The predicted molar refractivity (Wildman–Crippen MR) is 88.2 cm³/mol. The lowest BCUT2D eigenvalue weighted by Gasteiger charge is -2.14. The van der Waals surface area contributed by atoms with Crippen LogP contribution in [0.2, 0.25) is 0 Å². The van der Waals surface area contributed by atoms with Crippen molar-refractivity contribution in [2.75, 3.05) is 0 Å². The molecule has 8 heteroatoms. The van der Waals surface area contributed by atoms with E-state index in [1.54, 1.807) is 6.92 Å². The number of nitrogens with zero attached hydrogens (tertiary/aromatic N) is 2. The zero-order valence-electron chi connectivity index (χ0n) is 13.4. The van der Waals surface area contributed by atoms with Crippen molar-refractivity contribution in [1.29, 1.82) is 0 Å².